The van der Waals surface area contributed by atoms with Crippen molar-refractivity contribution in [2.75, 3.05) is 24.7 Å². The van der Waals surface area contributed by atoms with Crippen LogP contribution in [-0.2, 0) is 4.74 Å². The van der Waals surface area contributed by atoms with E-state index in [0.29, 0.717) is 6.04 Å². The monoisotopic (exact) mass is 407 g/mol. The van der Waals surface area contributed by atoms with Crippen LogP contribution in [0.15, 0.2) is 48.9 Å². The normalized spacial score (nSPS) is 16.8. The van der Waals surface area contributed by atoms with E-state index in [0.717, 1.165) is 41.9 Å². The van der Waals surface area contributed by atoms with Gasteiger partial charge in [-0.1, -0.05) is 18.2 Å². The van der Waals surface area contributed by atoms with E-state index in [2.05, 4.69) is 26.8 Å². The third-order valence-electron chi connectivity index (χ3n) is 4.25. The van der Waals surface area contributed by atoms with Gasteiger partial charge in [0.25, 0.3) is 5.91 Å². The van der Waals surface area contributed by atoms with Crippen LogP contribution >= 0.6 is 0 Å². The Hall–Kier alpha value is -3.14. The molecule has 1 fully saturated rings. The molecule has 154 valence electrons. The lowest BCUT2D eigenvalue weighted by atomic mass is 10.2. The molecule has 2 aromatic heterocycles. The number of halogens is 3. The summed E-state index contributed by atoms with van der Waals surface area (Å²) in [7, 11) is 0. The minimum Gasteiger partial charge on any atom is -0.377 e. The van der Waals surface area contributed by atoms with E-state index >= 15 is 0 Å². The van der Waals surface area contributed by atoms with E-state index in [9.17, 15) is 18.0 Å². The second kappa shape index (κ2) is 8.91. The molecule has 1 saturated heterocycles. The zero-order valence-corrected chi connectivity index (χ0v) is 15.6. The third kappa shape index (κ3) is 5.44. The Kier molecular flexibility index (Phi) is 6.32. The van der Waals surface area contributed by atoms with Gasteiger partial charge in [-0.15, -0.1) is 0 Å². The summed E-state index contributed by atoms with van der Waals surface area (Å²) in [5, 5.41) is 0.896. The first-order valence-electron chi connectivity index (χ1n) is 8.92. The number of aromatic amines is 1. The van der Waals surface area contributed by atoms with Crippen molar-refractivity contribution in [1.82, 2.24) is 20.3 Å². The minimum atomic E-state index is -4.67. The molecular formula is C19H20F3N5O2. The fourth-order valence-electron chi connectivity index (χ4n) is 2.90. The third-order valence-corrected chi connectivity index (χ3v) is 4.25. The number of rotatable bonds is 2. The molecule has 0 bridgehead atoms. The molecule has 1 aromatic carbocycles. The number of hydrogen-bond donors (Lipinski definition) is 2. The molecule has 1 amide bonds. The maximum absolute atomic E-state index is 11.7. The van der Waals surface area contributed by atoms with Gasteiger partial charge >= 0.3 is 6.30 Å². The number of benzene rings is 1. The number of amides is 1. The summed E-state index contributed by atoms with van der Waals surface area (Å²) in [6.45, 7) is 4.53. The van der Waals surface area contributed by atoms with Gasteiger partial charge in [0.05, 0.1) is 31.1 Å². The number of H-pyrrole nitrogens is 1. The molecule has 0 aliphatic carbocycles. The van der Waals surface area contributed by atoms with Crippen molar-refractivity contribution in [3.63, 3.8) is 0 Å². The molecule has 1 aliphatic rings. The number of nitrogens with zero attached hydrogens (tertiary/aromatic N) is 3. The van der Waals surface area contributed by atoms with E-state index in [1.54, 1.807) is 12.4 Å². The number of hydrogen-bond acceptors (Lipinski definition) is 5. The van der Waals surface area contributed by atoms with Gasteiger partial charge in [0.15, 0.2) is 5.82 Å². The second-order valence-corrected chi connectivity index (χ2v) is 6.37. The number of fused-ring (bicyclic) bond motifs is 1. The molecule has 2 N–H and O–H groups in total. The lowest BCUT2D eigenvalue weighted by Gasteiger charge is -2.34. The molecule has 3 heterocycles. The largest absolute Gasteiger partial charge is 0.484 e. The van der Waals surface area contributed by atoms with Crippen molar-refractivity contribution in [3.8, 4) is 0 Å². The summed E-state index contributed by atoms with van der Waals surface area (Å²) >= 11 is 0. The molecule has 1 atom stereocenters. The summed E-state index contributed by atoms with van der Waals surface area (Å²) in [5.74, 6) is -0.192. The number of anilines is 1. The SMILES string of the molecule is CC1COCCN1c1nccc2[nH]cnc12.O=C(NC(F)(F)F)c1ccccc1. The number of alkyl halides is 3. The van der Waals surface area contributed by atoms with Crippen LogP contribution in [0.3, 0.4) is 0 Å². The van der Waals surface area contributed by atoms with Gasteiger partial charge in [0.1, 0.15) is 5.52 Å². The number of ether oxygens (including phenoxy) is 1. The number of imidazole rings is 1. The summed E-state index contributed by atoms with van der Waals surface area (Å²) in [4.78, 5) is 25.0. The highest BCUT2D eigenvalue weighted by molar-refractivity contribution is 5.94. The highest BCUT2D eigenvalue weighted by Gasteiger charge is 2.30. The zero-order chi connectivity index (χ0) is 20.9. The smallest absolute Gasteiger partial charge is 0.377 e. The van der Waals surface area contributed by atoms with E-state index in [4.69, 9.17) is 4.74 Å². The first-order chi connectivity index (χ1) is 13.8. The van der Waals surface area contributed by atoms with E-state index in [1.807, 2.05) is 12.3 Å². The van der Waals surface area contributed by atoms with Gasteiger partial charge in [-0.05, 0) is 25.1 Å². The van der Waals surface area contributed by atoms with Crippen LogP contribution in [0, 0.1) is 0 Å². The van der Waals surface area contributed by atoms with Crippen LogP contribution in [0.2, 0.25) is 0 Å². The average Bonchev–Trinajstić information content (AvgIpc) is 3.17. The van der Waals surface area contributed by atoms with Gasteiger partial charge < -0.3 is 14.6 Å². The minimum absolute atomic E-state index is 0.0141. The second-order valence-electron chi connectivity index (χ2n) is 6.37. The van der Waals surface area contributed by atoms with E-state index in [1.165, 1.54) is 24.3 Å². The highest BCUT2D eigenvalue weighted by atomic mass is 19.4. The van der Waals surface area contributed by atoms with E-state index in [-0.39, 0.29) is 5.56 Å². The average molecular weight is 407 g/mol. The van der Waals surface area contributed by atoms with Crippen LogP contribution in [0.5, 0.6) is 0 Å². The van der Waals surface area contributed by atoms with Crippen LogP contribution in [-0.4, -0.2) is 53.0 Å². The summed E-state index contributed by atoms with van der Waals surface area (Å²) in [5.41, 5.74) is 1.96. The van der Waals surface area contributed by atoms with Crippen molar-refractivity contribution in [2.24, 2.45) is 0 Å². The van der Waals surface area contributed by atoms with Crippen molar-refractivity contribution in [1.29, 1.82) is 0 Å². The summed E-state index contributed by atoms with van der Waals surface area (Å²) < 4.78 is 40.4. The van der Waals surface area contributed by atoms with Gasteiger partial charge in [-0.2, -0.15) is 13.2 Å². The Bertz CT molecular complexity index is 946. The van der Waals surface area contributed by atoms with Crippen LogP contribution < -0.4 is 10.2 Å². The molecular weight excluding hydrogens is 387 g/mol. The van der Waals surface area contributed by atoms with Crippen molar-refractivity contribution < 1.29 is 22.7 Å². The maximum atomic E-state index is 11.7. The number of pyridine rings is 1. The van der Waals surface area contributed by atoms with Gasteiger partial charge in [-0.3, -0.25) is 10.1 Å². The molecule has 10 heteroatoms. The first-order valence-corrected chi connectivity index (χ1v) is 8.92. The summed E-state index contributed by atoms with van der Waals surface area (Å²) in [6.07, 6.45) is -1.15. The fraction of sp³-hybridized carbons (Fsp3) is 0.316. The Morgan fingerprint density at radius 2 is 2.00 bits per heavy atom. The quantitative estimate of drug-likeness (QED) is 0.638. The molecule has 3 aromatic rings. The predicted molar refractivity (Wildman–Crippen MR) is 101 cm³/mol. The number of carbonyl (C=O) groups excluding carboxylic acids is 1. The Morgan fingerprint density at radius 3 is 2.69 bits per heavy atom. The van der Waals surface area contributed by atoms with E-state index < -0.39 is 12.2 Å². The molecule has 29 heavy (non-hydrogen) atoms. The number of morpholine rings is 1. The Morgan fingerprint density at radius 1 is 1.24 bits per heavy atom. The van der Waals surface area contributed by atoms with Crippen LogP contribution in [0.1, 0.15) is 17.3 Å². The first kappa shape index (κ1) is 20.6. The molecule has 1 aliphatic heterocycles. The molecule has 0 saturated carbocycles. The lowest BCUT2D eigenvalue weighted by molar-refractivity contribution is -0.146. The molecule has 7 nitrogen and oxygen atoms in total. The number of aromatic nitrogens is 3. The lowest BCUT2D eigenvalue weighted by Crippen LogP contribution is -2.44. The van der Waals surface area contributed by atoms with Gasteiger partial charge in [0.2, 0.25) is 0 Å². The summed E-state index contributed by atoms with van der Waals surface area (Å²) in [6, 6.07) is 9.50. The zero-order valence-electron chi connectivity index (χ0n) is 15.6. The number of nitrogens with one attached hydrogen (secondary N) is 2. The van der Waals surface area contributed by atoms with Gasteiger partial charge in [-0.25, -0.2) is 9.97 Å². The van der Waals surface area contributed by atoms with Crippen LogP contribution in [0.25, 0.3) is 11.0 Å². The van der Waals surface area contributed by atoms with Crippen molar-refractivity contribution in [3.05, 3.63) is 54.5 Å². The fourth-order valence-corrected chi connectivity index (χ4v) is 2.90. The Balaban J connectivity index is 0.000000170. The molecule has 0 spiro atoms. The molecule has 0 radical (unpaired) electrons. The van der Waals surface area contributed by atoms with Crippen molar-refractivity contribution >= 4 is 22.8 Å². The van der Waals surface area contributed by atoms with Crippen molar-refractivity contribution in [2.45, 2.75) is 19.3 Å². The van der Waals surface area contributed by atoms with Gasteiger partial charge in [0, 0.05) is 18.3 Å². The Labute approximate surface area is 164 Å². The maximum Gasteiger partial charge on any atom is 0.484 e. The molecule has 1 unspecified atom stereocenters. The topological polar surface area (TPSA) is 83.1 Å². The van der Waals surface area contributed by atoms with Crippen LogP contribution in [0.4, 0.5) is 19.0 Å². The number of carbonyl (C=O) groups is 1. The standard InChI is InChI=1S/C11H14N4O.C8H6F3NO/c1-8-6-16-5-4-15(8)11-10-9(2-3-12-11)13-7-14-10;9-8(10,11)12-7(13)6-4-2-1-3-5-6/h2-3,7-8H,4-6H2,1H3,(H,13,14);1-5H,(H,12,13). The highest BCUT2D eigenvalue weighted by Crippen LogP contribution is 2.24. The molecule has 4 rings (SSSR count). The predicted octanol–water partition coefficient (Wildman–Crippen LogP) is 3.12.